The number of hydrogen-bond donors (Lipinski definition) is 3. The van der Waals surface area contributed by atoms with Gasteiger partial charge in [-0.15, -0.1) is 0 Å². The molecule has 1 heterocycles. The average molecular weight is 711 g/mol. The van der Waals surface area contributed by atoms with Crippen molar-refractivity contribution >= 4 is 33.2 Å². The van der Waals surface area contributed by atoms with Gasteiger partial charge in [-0.1, -0.05) is 72.3 Å². The summed E-state index contributed by atoms with van der Waals surface area (Å²) in [7, 11) is -3.64. The van der Waals surface area contributed by atoms with Crippen molar-refractivity contribution < 1.29 is 26.7 Å². The summed E-state index contributed by atoms with van der Waals surface area (Å²) < 4.78 is 62.4. The van der Waals surface area contributed by atoms with Crippen molar-refractivity contribution in [2.45, 2.75) is 49.9 Å². The van der Waals surface area contributed by atoms with Crippen LogP contribution in [0.4, 0.5) is 14.5 Å². The predicted molar refractivity (Wildman–Crippen MR) is 189 cm³/mol. The molecule has 4 aromatic rings. The van der Waals surface area contributed by atoms with Gasteiger partial charge < -0.3 is 21.1 Å². The van der Waals surface area contributed by atoms with Crippen LogP contribution in [-0.4, -0.2) is 62.7 Å². The zero-order chi connectivity index (χ0) is 35.0. The summed E-state index contributed by atoms with van der Waals surface area (Å²) in [6, 6.07) is 25.1. The molecule has 0 radical (unpaired) electrons. The van der Waals surface area contributed by atoms with E-state index in [1.54, 1.807) is 42.5 Å². The fourth-order valence-corrected chi connectivity index (χ4v) is 7.89. The molecule has 12 heteroatoms. The zero-order valence-corrected chi connectivity index (χ0v) is 28.8. The molecule has 0 spiro atoms. The molecule has 1 aliphatic rings. The first-order valence-corrected chi connectivity index (χ1v) is 18.4. The van der Waals surface area contributed by atoms with Gasteiger partial charge in [-0.2, -0.15) is 4.31 Å². The Labute approximate surface area is 291 Å². The molecule has 49 heavy (non-hydrogen) atoms. The van der Waals surface area contributed by atoms with Gasteiger partial charge in [0.2, 0.25) is 15.9 Å². The Morgan fingerprint density at radius 3 is 2.35 bits per heavy atom. The van der Waals surface area contributed by atoms with E-state index in [4.69, 9.17) is 22.1 Å². The Morgan fingerprint density at radius 1 is 0.959 bits per heavy atom. The number of anilines is 1. The molecule has 1 amide bonds. The lowest BCUT2D eigenvalue weighted by Crippen LogP contribution is -2.60. The minimum Gasteiger partial charge on any atom is -0.375 e. The molecule has 0 saturated carbocycles. The minimum absolute atomic E-state index is 0.156. The number of hydrogen-bond acceptors (Lipinski definition) is 6. The van der Waals surface area contributed by atoms with E-state index in [-0.39, 0.29) is 30.1 Å². The van der Waals surface area contributed by atoms with Crippen LogP contribution in [0.5, 0.6) is 0 Å². The number of ether oxygens (including phenoxy) is 1. The molecule has 4 atom stereocenters. The quantitative estimate of drug-likeness (QED) is 0.156. The summed E-state index contributed by atoms with van der Waals surface area (Å²) in [6.45, 7) is 1.35. The lowest BCUT2D eigenvalue weighted by molar-refractivity contribution is -0.117. The highest BCUT2D eigenvalue weighted by atomic mass is 35.5. The molecule has 1 fully saturated rings. The SMILES string of the molecule is CS(=O)(=O)N1C(COCc2ccccc2)CNC[C@@H]1CCc1c(F)cccc1NC(=O)[C@@H](N)[C@@H](Cc1ccc(F)cc1)c1ccc(Cl)cc1. The van der Waals surface area contributed by atoms with E-state index in [2.05, 4.69) is 10.6 Å². The molecule has 0 bridgehead atoms. The molecule has 1 saturated heterocycles. The second-order valence-corrected chi connectivity index (χ2v) is 14.7. The van der Waals surface area contributed by atoms with E-state index in [0.717, 1.165) is 16.7 Å². The van der Waals surface area contributed by atoms with Gasteiger partial charge in [0.15, 0.2) is 0 Å². The van der Waals surface area contributed by atoms with Crippen molar-refractivity contribution in [2.24, 2.45) is 5.73 Å². The lowest BCUT2D eigenvalue weighted by atomic mass is 9.85. The van der Waals surface area contributed by atoms with Crippen LogP contribution in [0.3, 0.4) is 0 Å². The van der Waals surface area contributed by atoms with Crippen molar-refractivity contribution in [3.63, 3.8) is 0 Å². The number of rotatable bonds is 14. The van der Waals surface area contributed by atoms with Crippen LogP contribution < -0.4 is 16.4 Å². The third-order valence-corrected chi connectivity index (χ3v) is 10.4. The average Bonchev–Trinajstić information content (AvgIpc) is 3.08. The summed E-state index contributed by atoms with van der Waals surface area (Å²) >= 11 is 6.11. The fourth-order valence-electron chi connectivity index (χ4n) is 6.36. The second-order valence-electron chi connectivity index (χ2n) is 12.4. The monoisotopic (exact) mass is 710 g/mol. The Hall–Kier alpha value is -3.71. The van der Waals surface area contributed by atoms with Crippen LogP contribution in [0.2, 0.25) is 5.02 Å². The highest BCUT2D eigenvalue weighted by molar-refractivity contribution is 7.88. The van der Waals surface area contributed by atoms with Crippen molar-refractivity contribution in [1.82, 2.24) is 9.62 Å². The molecule has 8 nitrogen and oxygen atoms in total. The van der Waals surface area contributed by atoms with Gasteiger partial charge in [0.25, 0.3) is 0 Å². The van der Waals surface area contributed by atoms with Gasteiger partial charge >= 0.3 is 0 Å². The maximum absolute atomic E-state index is 15.4. The summed E-state index contributed by atoms with van der Waals surface area (Å²) in [5.41, 5.74) is 9.64. The van der Waals surface area contributed by atoms with Gasteiger partial charge in [0.05, 0.1) is 31.6 Å². The van der Waals surface area contributed by atoms with Gasteiger partial charge in [0, 0.05) is 41.3 Å². The second kappa shape index (κ2) is 16.8. The summed E-state index contributed by atoms with van der Waals surface area (Å²) in [5.74, 6) is -1.92. The maximum atomic E-state index is 15.4. The topological polar surface area (TPSA) is 114 Å². The van der Waals surface area contributed by atoms with Crippen LogP contribution in [0.1, 0.15) is 34.6 Å². The summed E-state index contributed by atoms with van der Waals surface area (Å²) in [6.07, 6.45) is 1.97. The maximum Gasteiger partial charge on any atom is 0.241 e. The molecule has 1 aliphatic heterocycles. The smallest absolute Gasteiger partial charge is 0.241 e. The fraction of sp³-hybridized carbons (Fsp3) is 0.324. The first-order valence-electron chi connectivity index (χ1n) is 16.1. The largest absolute Gasteiger partial charge is 0.375 e. The van der Waals surface area contributed by atoms with Crippen molar-refractivity contribution in [2.75, 3.05) is 31.3 Å². The summed E-state index contributed by atoms with van der Waals surface area (Å²) in [4.78, 5) is 13.7. The highest BCUT2D eigenvalue weighted by Gasteiger charge is 2.37. The molecule has 0 aromatic heterocycles. The van der Waals surface area contributed by atoms with Crippen LogP contribution in [0, 0.1) is 11.6 Å². The van der Waals surface area contributed by atoms with Gasteiger partial charge in [-0.25, -0.2) is 17.2 Å². The van der Waals surface area contributed by atoms with Crippen molar-refractivity contribution in [1.29, 1.82) is 0 Å². The number of carbonyl (C=O) groups excluding carboxylic acids is 1. The predicted octanol–water partition coefficient (Wildman–Crippen LogP) is 5.66. The van der Waals surface area contributed by atoms with Crippen LogP contribution in [0.25, 0.3) is 0 Å². The molecule has 0 aliphatic carbocycles. The number of benzene rings is 4. The molecule has 5 rings (SSSR count). The number of nitrogens with one attached hydrogen (secondary N) is 2. The first kappa shape index (κ1) is 36.6. The van der Waals surface area contributed by atoms with Crippen LogP contribution in [-0.2, 0) is 39.0 Å². The first-order chi connectivity index (χ1) is 23.5. The molecular weight excluding hydrogens is 670 g/mol. The number of carbonyl (C=O) groups is 1. The van der Waals surface area contributed by atoms with Crippen LogP contribution in [0.15, 0.2) is 97.1 Å². The minimum atomic E-state index is -3.64. The molecule has 1 unspecified atom stereocenters. The van der Waals surface area contributed by atoms with E-state index in [0.29, 0.717) is 37.6 Å². The third-order valence-electron chi connectivity index (χ3n) is 8.79. The van der Waals surface area contributed by atoms with Gasteiger partial charge in [-0.05, 0) is 72.4 Å². The van der Waals surface area contributed by atoms with E-state index < -0.39 is 45.8 Å². The van der Waals surface area contributed by atoms with E-state index in [1.165, 1.54) is 34.8 Å². The number of piperazine rings is 1. The molecule has 260 valence electrons. The number of sulfonamides is 1. The van der Waals surface area contributed by atoms with E-state index in [1.807, 2.05) is 30.3 Å². The van der Waals surface area contributed by atoms with Gasteiger partial charge in [-0.3, -0.25) is 4.79 Å². The Kier molecular flexibility index (Phi) is 12.5. The number of nitrogens with zero attached hydrogens (tertiary/aromatic N) is 1. The van der Waals surface area contributed by atoms with E-state index >= 15 is 4.39 Å². The molecule has 4 aromatic carbocycles. The van der Waals surface area contributed by atoms with E-state index in [9.17, 15) is 17.6 Å². The van der Waals surface area contributed by atoms with Crippen molar-refractivity contribution in [3.8, 4) is 0 Å². The zero-order valence-electron chi connectivity index (χ0n) is 27.2. The normalized spacial score (nSPS) is 18.1. The Morgan fingerprint density at radius 2 is 1.65 bits per heavy atom. The highest BCUT2D eigenvalue weighted by Crippen LogP contribution is 2.29. The molecule has 4 N–H and O–H groups in total. The van der Waals surface area contributed by atoms with Gasteiger partial charge in [0.1, 0.15) is 11.6 Å². The standard InChI is InChI=1S/C37H41ClF2N4O4S/c1-49(46,47)44-30(21-42-22-31(44)24-48-23-26-6-3-2-4-7-26)18-19-32-34(40)8-5-9-35(32)43-37(45)36(41)33(27-12-14-28(38)15-13-27)20-25-10-16-29(39)17-11-25/h2-17,30-31,33,36,42H,18-24,41H2,1H3,(H,43,45)/t30-,31?,33-,36-/m0/s1. The van der Waals surface area contributed by atoms with Crippen molar-refractivity contribution in [3.05, 3.63) is 136 Å². The molecular formula is C37H41ClF2N4O4S. The number of halogens is 3. The van der Waals surface area contributed by atoms with Crippen LogP contribution >= 0.6 is 11.6 Å². The third kappa shape index (κ3) is 9.94. The Bertz CT molecular complexity index is 1800. The number of amides is 1. The lowest BCUT2D eigenvalue weighted by Gasteiger charge is -2.40. The Balaban J connectivity index is 1.30. The summed E-state index contributed by atoms with van der Waals surface area (Å²) in [5, 5.41) is 6.67. The number of nitrogens with two attached hydrogens (primary N) is 1.